The number of hydrogen-bond acceptors (Lipinski definition) is 1. The Balaban J connectivity index is 0.000000500. The summed E-state index contributed by atoms with van der Waals surface area (Å²) in [7, 11) is 8.13. The van der Waals surface area contributed by atoms with Crippen molar-refractivity contribution >= 4 is 28.5 Å². The van der Waals surface area contributed by atoms with E-state index >= 15 is 0 Å². The van der Waals surface area contributed by atoms with Gasteiger partial charge in [-0.25, -0.2) is 12.1 Å². The topological polar surface area (TPSA) is 28.1 Å². The SMILES string of the molecule is C[Si](C)(C)/N=c1/[c-]ccc[nH]1.[Cl][Co+][Cl]. The standard InChI is InChI=1S/C8H13N2Si.2ClH.Co/c1-11(2,3)10-8-6-4-5-7-9-8;;;/h4-5,7H,1-3H3,(H,9,10);2*1H;/q-1;;;+3/p-2. The Labute approximate surface area is 100 Å². The monoisotopic (exact) mass is 294 g/mol. The van der Waals surface area contributed by atoms with Gasteiger partial charge in [-0.3, -0.25) is 0 Å². The van der Waals surface area contributed by atoms with Crippen LogP contribution in [0.5, 0.6) is 0 Å². The number of nitrogens with one attached hydrogen (secondary N) is 1. The van der Waals surface area contributed by atoms with Gasteiger partial charge < -0.3 is 9.64 Å². The molecule has 0 aromatic carbocycles. The third kappa shape index (κ3) is 8.83. The van der Waals surface area contributed by atoms with Crippen LogP contribution in [0.3, 0.4) is 0 Å². The molecule has 0 radical (unpaired) electrons. The molecule has 6 heteroatoms. The molecule has 1 N–H and O–H groups in total. The Bertz CT molecular complexity index is 291. The molecule has 0 saturated heterocycles. The van der Waals surface area contributed by atoms with Gasteiger partial charge in [0.2, 0.25) is 0 Å². The molecule has 1 aromatic heterocycles. The number of halogens is 2. The summed E-state index contributed by atoms with van der Waals surface area (Å²) in [6, 6.07) is 6.81. The Hall–Kier alpha value is 0.253. The van der Waals surface area contributed by atoms with Gasteiger partial charge in [-0.15, -0.1) is 0 Å². The van der Waals surface area contributed by atoms with Crippen LogP contribution in [0.15, 0.2) is 23.0 Å². The van der Waals surface area contributed by atoms with E-state index in [4.69, 9.17) is 20.3 Å². The second-order valence-corrected chi connectivity index (χ2v) is 9.78. The summed E-state index contributed by atoms with van der Waals surface area (Å²) < 4.78 is 4.52. The first-order valence-electron chi connectivity index (χ1n) is 3.94. The molecule has 1 rings (SSSR count). The first-order valence-corrected chi connectivity index (χ1v) is 10.3. The maximum absolute atomic E-state index is 4.73. The number of pyridine rings is 1. The van der Waals surface area contributed by atoms with Crippen LogP contribution in [0, 0.1) is 6.07 Å². The molecule has 0 saturated carbocycles. The van der Waals surface area contributed by atoms with Crippen LogP contribution in [0.4, 0.5) is 0 Å². The molecule has 14 heavy (non-hydrogen) atoms. The first-order chi connectivity index (χ1) is 6.49. The summed E-state index contributed by atoms with van der Waals surface area (Å²) in [4.78, 5) is 3.04. The van der Waals surface area contributed by atoms with E-state index in [-0.39, 0.29) is 0 Å². The van der Waals surface area contributed by atoms with E-state index in [1.807, 2.05) is 18.3 Å². The zero-order valence-corrected chi connectivity index (χ0v) is 11.8. The zero-order chi connectivity index (χ0) is 11.0. The molecule has 0 amide bonds. The van der Waals surface area contributed by atoms with Crippen molar-refractivity contribution < 1.29 is 12.9 Å². The fraction of sp³-hybridized carbons (Fsp3) is 0.375. The normalized spacial score (nSPS) is 12.2. The fourth-order valence-electron chi connectivity index (χ4n) is 0.744. The molecule has 82 valence electrons. The van der Waals surface area contributed by atoms with E-state index < -0.39 is 8.24 Å². The third-order valence-corrected chi connectivity index (χ3v) is 1.97. The molecule has 0 aliphatic carbocycles. The van der Waals surface area contributed by atoms with Gasteiger partial charge in [0.15, 0.2) is 8.24 Å². The van der Waals surface area contributed by atoms with E-state index in [1.165, 1.54) is 0 Å². The summed E-state index contributed by atoms with van der Waals surface area (Å²) in [6.07, 6.45) is 1.87. The number of nitrogens with zero attached hydrogens (tertiary/aromatic N) is 1. The van der Waals surface area contributed by atoms with Gasteiger partial charge >= 0.3 is 33.2 Å². The van der Waals surface area contributed by atoms with E-state index in [0.29, 0.717) is 12.9 Å². The van der Waals surface area contributed by atoms with E-state index in [9.17, 15) is 0 Å². The molecule has 1 heterocycles. The van der Waals surface area contributed by atoms with Gasteiger partial charge in [-0.1, -0.05) is 6.20 Å². The van der Waals surface area contributed by atoms with Gasteiger partial charge in [0.05, 0.1) is 0 Å². The number of aromatic nitrogens is 1. The Kier molecular flexibility index (Phi) is 7.67. The number of rotatable bonds is 1. The van der Waals surface area contributed by atoms with Crippen LogP contribution in [0.1, 0.15) is 0 Å². The second-order valence-electron chi connectivity index (χ2n) is 3.49. The molecule has 0 unspecified atom stereocenters. The molecule has 0 aliphatic heterocycles. The van der Waals surface area contributed by atoms with Crippen molar-refractivity contribution in [3.8, 4) is 0 Å². The zero-order valence-electron chi connectivity index (χ0n) is 8.27. The average Bonchev–Trinajstić information content (AvgIpc) is 2.04. The number of aromatic amines is 1. The van der Waals surface area contributed by atoms with Gasteiger partial charge in [0, 0.05) is 5.49 Å². The minimum atomic E-state index is -1.34. The summed E-state index contributed by atoms with van der Waals surface area (Å²) >= 11 is 0.382. The molecule has 0 bridgehead atoms. The molecule has 0 spiro atoms. The Morgan fingerprint density at radius 1 is 1.43 bits per heavy atom. The third-order valence-electron chi connectivity index (χ3n) is 1.08. The predicted molar refractivity (Wildman–Crippen MR) is 60.2 cm³/mol. The minimum absolute atomic E-state index is 0.382. The van der Waals surface area contributed by atoms with Gasteiger partial charge in [0.25, 0.3) is 0 Å². The summed E-state index contributed by atoms with van der Waals surface area (Å²) in [5.74, 6) is 0. The first kappa shape index (κ1) is 14.3. The van der Waals surface area contributed by atoms with E-state index in [0.717, 1.165) is 5.49 Å². The maximum atomic E-state index is 4.73. The molecule has 0 aliphatic rings. The van der Waals surface area contributed by atoms with Crippen LogP contribution in [0.2, 0.25) is 19.6 Å². The quantitative estimate of drug-likeness (QED) is 0.609. The van der Waals surface area contributed by atoms with Crippen LogP contribution >= 0.6 is 20.3 Å². The number of hydrogen-bond donors (Lipinski definition) is 1. The molecule has 0 fully saturated rings. The average molecular weight is 295 g/mol. The summed E-state index contributed by atoms with van der Waals surface area (Å²) in [5, 5.41) is 0. The molecule has 1 aromatic rings. The van der Waals surface area contributed by atoms with Crippen LogP contribution in [-0.2, 0) is 12.9 Å². The van der Waals surface area contributed by atoms with Crippen molar-refractivity contribution in [2.24, 2.45) is 4.66 Å². The van der Waals surface area contributed by atoms with Gasteiger partial charge in [-0.2, -0.15) is 6.07 Å². The molecule has 0 atom stereocenters. The van der Waals surface area contributed by atoms with Crippen LogP contribution in [0.25, 0.3) is 0 Å². The van der Waals surface area contributed by atoms with Gasteiger partial charge in [0.1, 0.15) is 0 Å². The molecule has 2 nitrogen and oxygen atoms in total. The van der Waals surface area contributed by atoms with Gasteiger partial charge in [-0.05, 0) is 19.6 Å². The van der Waals surface area contributed by atoms with Crippen LogP contribution < -0.4 is 5.49 Å². The van der Waals surface area contributed by atoms with E-state index in [2.05, 4.69) is 35.3 Å². The summed E-state index contributed by atoms with van der Waals surface area (Å²) in [6.45, 7) is 6.59. The Morgan fingerprint density at radius 3 is 2.36 bits per heavy atom. The molecular weight excluding hydrogens is 282 g/mol. The Morgan fingerprint density at radius 2 is 2.00 bits per heavy atom. The summed E-state index contributed by atoms with van der Waals surface area (Å²) in [5.41, 5.74) is 0.867. The van der Waals surface area contributed by atoms with Crippen molar-refractivity contribution in [1.29, 1.82) is 0 Å². The van der Waals surface area contributed by atoms with Crippen molar-refractivity contribution in [3.05, 3.63) is 29.9 Å². The van der Waals surface area contributed by atoms with Crippen molar-refractivity contribution in [2.45, 2.75) is 19.6 Å². The van der Waals surface area contributed by atoms with Crippen molar-refractivity contribution in [3.63, 3.8) is 0 Å². The number of H-pyrrole nitrogens is 1. The second kappa shape index (κ2) is 7.53. The predicted octanol–water partition coefficient (Wildman–Crippen LogP) is 2.93. The molecular formula is C8H13Cl2CoN2Si. The van der Waals surface area contributed by atoms with Crippen molar-refractivity contribution in [1.82, 2.24) is 4.98 Å². The van der Waals surface area contributed by atoms with Crippen molar-refractivity contribution in [2.75, 3.05) is 0 Å². The fourth-order valence-corrected chi connectivity index (χ4v) is 1.54. The van der Waals surface area contributed by atoms with E-state index in [1.54, 1.807) is 0 Å². The van der Waals surface area contributed by atoms with Crippen LogP contribution in [-0.4, -0.2) is 13.2 Å².